The van der Waals surface area contributed by atoms with Crippen LogP contribution in [0.3, 0.4) is 0 Å². The Labute approximate surface area is 183 Å². The van der Waals surface area contributed by atoms with Gasteiger partial charge in [-0.1, -0.05) is 0 Å². The van der Waals surface area contributed by atoms with Crippen LogP contribution in [0.4, 0.5) is 4.39 Å². The lowest BCUT2D eigenvalue weighted by molar-refractivity contribution is -0.131. The zero-order chi connectivity index (χ0) is 20.8. The lowest BCUT2D eigenvalue weighted by Crippen LogP contribution is -2.47. The van der Waals surface area contributed by atoms with Gasteiger partial charge in [-0.15, -0.1) is 12.4 Å². The van der Waals surface area contributed by atoms with E-state index in [9.17, 15) is 9.18 Å². The molecule has 1 aromatic heterocycles. The number of likely N-dealkylation sites (tertiary alicyclic amines) is 1. The summed E-state index contributed by atoms with van der Waals surface area (Å²) in [5.41, 5.74) is 3.56. The SMILES string of the molecule is CCOc1ccc(F)c(-c2cc([C@H]3CC[C@]4(CCN(C)C4=O)N3)nc(C)c2C)c1.Cl. The molecule has 1 N–H and O–H groups in total. The number of ether oxygens (including phenoxy) is 1. The van der Waals surface area contributed by atoms with Gasteiger partial charge in [-0.3, -0.25) is 15.1 Å². The van der Waals surface area contributed by atoms with Crippen molar-refractivity contribution < 1.29 is 13.9 Å². The van der Waals surface area contributed by atoms with Crippen LogP contribution < -0.4 is 10.1 Å². The van der Waals surface area contributed by atoms with Gasteiger partial charge in [0, 0.05) is 24.8 Å². The molecule has 0 saturated carbocycles. The van der Waals surface area contributed by atoms with Gasteiger partial charge in [0.1, 0.15) is 17.1 Å². The Hall–Kier alpha value is -2.18. The lowest BCUT2D eigenvalue weighted by Gasteiger charge is -2.24. The van der Waals surface area contributed by atoms with Crippen molar-refractivity contribution in [3.8, 4) is 16.9 Å². The zero-order valence-corrected chi connectivity index (χ0v) is 18.7. The molecule has 2 fully saturated rings. The van der Waals surface area contributed by atoms with Gasteiger partial charge in [0.05, 0.1) is 18.3 Å². The van der Waals surface area contributed by atoms with Crippen molar-refractivity contribution in [2.24, 2.45) is 0 Å². The first-order chi connectivity index (χ1) is 13.8. The highest BCUT2D eigenvalue weighted by Gasteiger charge is 2.50. The smallest absolute Gasteiger partial charge is 0.242 e. The minimum absolute atomic E-state index is 0. The minimum Gasteiger partial charge on any atom is -0.494 e. The number of carbonyl (C=O) groups is 1. The second-order valence-corrected chi connectivity index (χ2v) is 8.17. The highest BCUT2D eigenvalue weighted by atomic mass is 35.5. The molecule has 2 aliphatic heterocycles. The molecule has 2 atom stereocenters. The highest BCUT2D eigenvalue weighted by Crippen LogP contribution is 2.40. The van der Waals surface area contributed by atoms with Gasteiger partial charge in [-0.05, 0) is 75.4 Å². The molecule has 1 amide bonds. The van der Waals surface area contributed by atoms with E-state index in [-0.39, 0.29) is 30.2 Å². The number of hydrogen-bond acceptors (Lipinski definition) is 4. The van der Waals surface area contributed by atoms with Crippen LogP contribution in [0, 0.1) is 19.7 Å². The fourth-order valence-corrected chi connectivity index (χ4v) is 4.57. The molecule has 3 heterocycles. The Morgan fingerprint density at radius 3 is 2.70 bits per heavy atom. The Kier molecular flexibility index (Phi) is 6.39. The quantitative estimate of drug-likeness (QED) is 0.778. The molecule has 0 aliphatic carbocycles. The van der Waals surface area contributed by atoms with Crippen molar-refractivity contribution in [3.63, 3.8) is 0 Å². The molecule has 2 aliphatic rings. The zero-order valence-electron chi connectivity index (χ0n) is 17.9. The van der Waals surface area contributed by atoms with Crippen LogP contribution in [-0.4, -0.2) is 41.5 Å². The number of carbonyl (C=O) groups excluding carboxylic acids is 1. The van der Waals surface area contributed by atoms with E-state index in [4.69, 9.17) is 9.72 Å². The number of benzene rings is 1. The van der Waals surface area contributed by atoms with Crippen LogP contribution >= 0.6 is 12.4 Å². The number of hydrogen-bond donors (Lipinski definition) is 1. The predicted molar refractivity (Wildman–Crippen MR) is 118 cm³/mol. The van der Waals surface area contributed by atoms with Gasteiger partial charge in [0.25, 0.3) is 0 Å². The van der Waals surface area contributed by atoms with E-state index < -0.39 is 5.54 Å². The van der Waals surface area contributed by atoms with E-state index >= 15 is 0 Å². The standard InChI is InChI=1S/C23H28FN3O2.ClH/c1-5-29-16-6-7-19(24)18(12-16)17-13-21(25-15(3)14(17)2)20-8-9-23(26-20)10-11-27(4)22(23)28;/h6-7,12-13,20,26H,5,8-11H2,1-4H3;1H/t20-,23-;/m1./s1. The van der Waals surface area contributed by atoms with Crippen LogP contribution in [0.2, 0.25) is 0 Å². The van der Waals surface area contributed by atoms with Crippen molar-refractivity contribution in [2.45, 2.75) is 51.6 Å². The summed E-state index contributed by atoms with van der Waals surface area (Å²) in [5, 5.41) is 3.56. The van der Waals surface area contributed by atoms with Gasteiger partial charge in [0.2, 0.25) is 5.91 Å². The average molecular weight is 434 g/mol. The summed E-state index contributed by atoms with van der Waals surface area (Å²) in [6.45, 7) is 7.13. The molecule has 0 radical (unpaired) electrons. The molecule has 7 heteroatoms. The number of aryl methyl sites for hydroxylation is 1. The Balaban J connectivity index is 0.00000256. The van der Waals surface area contributed by atoms with Crippen LogP contribution in [0.5, 0.6) is 5.75 Å². The summed E-state index contributed by atoms with van der Waals surface area (Å²) >= 11 is 0. The van der Waals surface area contributed by atoms with Crippen molar-refractivity contribution in [1.29, 1.82) is 0 Å². The van der Waals surface area contributed by atoms with E-state index in [1.54, 1.807) is 17.0 Å². The molecule has 0 unspecified atom stereocenters. The fraction of sp³-hybridized carbons (Fsp3) is 0.478. The average Bonchev–Trinajstić information content (AvgIpc) is 3.26. The third-order valence-electron chi connectivity index (χ3n) is 6.37. The normalized spacial score (nSPS) is 23.2. The monoisotopic (exact) mass is 433 g/mol. The second-order valence-electron chi connectivity index (χ2n) is 8.17. The maximum absolute atomic E-state index is 14.7. The summed E-state index contributed by atoms with van der Waals surface area (Å²) in [6.07, 6.45) is 2.47. The molecule has 1 aromatic carbocycles. The first kappa shape index (κ1) is 22.5. The van der Waals surface area contributed by atoms with Crippen molar-refractivity contribution in [3.05, 3.63) is 47.0 Å². The van der Waals surface area contributed by atoms with E-state index in [0.717, 1.165) is 48.3 Å². The number of amides is 1. The number of aromatic nitrogens is 1. The molecule has 30 heavy (non-hydrogen) atoms. The molecular weight excluding hydrogens is 405 g/mol. The first-order valence-corrected chi connectivity index (χ1v) is 10.3. The molecule has 2 saturated heterocycles. The van der Waals surface area contributed by atoms with Gasteiger partial charge >= 0.3 is 0 Å². The molecule has 5 nitrogen and oxygen atoms in total. The van der Waals surface area contributed by atoms with E-state index in [1.807, 2.05) is 33.9 Å². The summed E-state index contributed by atoms with van der Waals surface area (Å²) in [6, 6.07) is 6.81. The number of nitrogens with one attached hydrogen (secondary N) is 1. The summed E-state index contributed by atoms with van der Waals surface area (Å²) in [7, 11) is 1.85. The van der Waals surface area contributed by atoms with Crippen molar-refractivity contribution >= 4 is 18.3 Å². The molecule has 2 aromatic rings. The second kappa shape index (κ2) is 8.52. The fourth-order valence-electron chi connectivity index (χ4n) is 4.57. The number of nitrogens with zero attached hydrogens (tertiary/aromatic N) is 2. The molecule has 1 spiro atoms. The molecule has 0 bridgehead atoms. The Bertz CT molecular complexity index is 968. The Morgan fingerprint density at radius 2 is 2.03 bits per heavy atom. The van der Waals surface area contributed by atoms with E-state index in [2.05, 4.69) is 5.32 Å². The first-order valence-electron chi connectivity index (χ1n) is 10.3. The third-order valence-corrected chi connectivity index (χ3v) is 6.37. The van der Waals surface area contributed by atoms with Crippen LogP contribution in [0.25, 0.3) is 11.1 Å². The summed E-state index contributed by atoms with van der Waals surface area (Å²) < 4.78 is 20.3. The van der Waals surface area contributed by atoms with Crippen LogP contribution in [-0.2, 0) is 4.79 Å². The topological polar surface area (TPSA) is 54.5 Å². The van der Waals surface area contributed by atoms with Crippen LogP contribution in [0.1, 0.15) is 49.2 Å². The van der Waals surface area contributed by atoms with Gasteiger partial charge < -0.3 is 9.64 Å². The van der Waals surface area contributed by atoms with Gasteiger partial charge in [-0.25, -0.2) is 4.39 Å². The Morgan fingerprint density at radius 1 is 1.27 bits per heavy atom. The maximum atomic E-state index is 14.7. The molecule has 162 valence electrons. The van der Waals surface area contributed by atoms with Gasteiger partial charge in [-0.2, -0.15) is 0 Å². The largest absolute Gasteiger partial charge is 0.494 e. The number of rotatable bonds is 4. The number of likely N-dealkylation sites (N-methyl/N-ethyl adjacent to an activating group) is 1. The minimum atomic E-state index is -0.472. The van der Waals surface area contributed by atoms with Gasteiger partial charge in [0.15, 0.2) is 0 Å². The summed E-state index contributed by atoms with van der Waals surface area (Å²) in [5.74, 6) is 0.535. The summed E-state index contributed by atoms with van der Waals surface area (Å²) in [4.78, 5) is 19.2. The number of halogens is 2. The van der Waals surface area contributed by atoms with Crippen molar-refractivity contribution in [2.75, 3.05) is 20.2 Å². The predicted octanol–water partition coefficient (Wildman–Crippen LogP) is 4.35. The maximum Gasteiger partial charge on any atom is 0.242 e. The number of pyridine rings is 1. The molecule has 4 rings (SSSR count). The van der Waals surface area contributed by atoms with Crippen molar-refractivity contribution in [1.82, 2.24) is 15.2 Å². The third kappa shape index (κ3) is 3.79. The lowest BCUT2D eigenvalue weighted by atomic mass is 9.95. The highest BCUT2D eigenvalue weighted by molar-refractivity contribution is 5.88. The van der Waals surface area contributed by atoms with E-state index in [0.29, 0.717) is 17.9 Å². The molecular formula is C23H29ClFN3O2. The van der Waals surface area contributed by atoms with Crippen LogP contribution in [0.15, 0.2) is 24.3 Å². The van der Waals surface area contributed by atoms with E-state index in [1.165, 1.54) is 6.07 Å².